The van der Waals surface area contributed by atoms with Crippen molar-refractivity contribution in [3.05, 3.63) is 30.1 Å². The molecule has 86 valence electrons. The number of hydroxylamine groups is 2. The molecule has 1 aliphatic rings. The maximum atomic E-state index is 12.6. The van der Waals surface area contributed by atoms with Gasteiger partial charge in [0.05, 0.1) is 13.2 Å². The zero-order valence-corrected chi connectivity index (χ0v) is 8.69. The number of benzene rings is 1. The smallest absolute Gasteiger partial charge is 0.283 e. The van der Waals surface area contributed by atoms with E-state index in [0.29, 0.717) is 18.9 Å². The SMILES string of the molecule is O=C(COc1ccc(F)cc1)N1CCCO1. The number of carbonyl (C=O) groups excluding carboxylic acids is 1. The molecular formula is C11H12FNO3. The number of hydrogen-bond donors (Lipinski definition) is 0. The number of hydrogen-bond acceptors (Lipinski definition) is 3. The highest BCUT2D eigenvalue weighted by atomic mass is 19.1. The van der Waals surface area contributed by atoms with Crippen molar-refractivity contribution in [3.63, 3.8) is 0 Å². The van der Waals surface area contributed by atoms with Gasteiger partial charge in [-0.1, -0.05) is 0 Å². The third-order valence-corrected chi connectivity index (χ3v) is 2.21. The summed E-state index contributed by atoms with van der Waals surface area (Å²) in [7, 11) is 0. The molecule has 0 N–H and O–H groups in total. The molecule has 1 heterocycles. The molecule has 1 fully saturated rings. The highest BCUT2D eigenvalue weighted by Crippen LogP contribution is 2.12. The Labute approximate surface area is 92.5 Å². The molecule has 16 heavy (non-hydrogen) atoms. The summed E-state index contributed by atoms with van der Waals surface area (Å²) in [5.41, 5.74) is 0. The van der Waals surface area contributed by atoms with Gasteiger partial charge in [0.2, 0.25) is 0 Å². The Balaban J connectivity index is 1.82. The fourth-order valence-electron chi connectivity index (χ4n) is 1.39. The largest absolute Gasteiger partial charge is 0.484 e. The van der Waals surface area contributed by atoms with Crippen molar-refractivity contribution < 1.29 is 18.8 Å². The van der Waals surface area contributed by atoms with Crippen molar-refractivity contribution in [2.45, 2.75) is 6.42 Å². The van der Waals surface area contributed by atoms with Gasteiger partial charge in [0.15, 0.2) is 6.61 Å². The predicted octanol–water partition coefficient (Wildman–Crippen LogP) is 1.37. The van der Waals surface area contributed by atoms with E-state index < -0.39 is 0 Å². The molecule has 0 unspecified atom stereocenters. The van der Waals surface area contributed by atoms with Crippen LogP contribution in [0.3, 0.4) is 0 Å². The van der Waals surface area contributed by atoms with E-state index in [4.69, 9.17) is 9.57 Å². The molecule has 0 aliphatic carbocycles. The average molecular weight is 225 g/mol. The zero-order valence-electron chi connectivity index (χ0n) is 8.69. The van der Waals surface area contributed by atoms with E-state index in [9.17, 15) is 9.18 Å². The summed E-state index contributed by atoms with van der Waals surface area (Å²) in [6.45, 7) is 1.08. The predicted molar refractivity (Wildman–Crippen MR) is 54.2 cm³/mol. The second kappa shape index (κ2) is 4.94. The van der Waals surface area contributed by atoms with E-state index in [-0.39, 0.29) is 18.3 Å². The second-order valence-electron chi connectivity index (χ2n) is 3.43. The minimum atomic E-state index is -0.332. The van der Waals surface area contributed by atoms with Crippen LogP contribution in [0.15, 0.2) is 24.3 Å². The van der Waals surface area contributed by atoms with Gasteiger partial charge < -0.3 is 4.74 Å². The maximum absolute atomic E-state index is 12.6. The lowest BCUT2D eigenvalue weighted by molar-refractivity contribution is -0.170. The number of halogens is 1. The third-order valence-electron chi connectivity index (χ3n) is 2.21. The van der Waals surface area contributed by atoms with Gasteiger partial charge in [-0.05, 0) is 30.7 Å². The first kappa shape index (κ1) is 10.9. The van der Waals surface area contributed by atoms with Crippen LogP contribution in [0.5, 0.6) is 5.75 Å². The van der Waals surface area contributed by atoms with Crippen LogP contribution in [0.25, 0.3) is 0 Å². The maximum Gasteiger partial charge on any atom is 0.283 e. The van der Waals surface area contributed by atoms with Crippen molar-refractivity contribution in [2.24, 2.45) is 0 Å². The van der Waals surface area contributed by atoms with Crippen LogP contribution in [-0.4, -0.2) is 30.7 Å². The van der Waals surface area contributed by atoms with Gasteiger partial charge in [0.25, 0.3) is 5.91 Å². The highest BCUT2D eigenvalue weighted by molar-refractivity contribution is 5.76. The number of amides is 1. The molecule has 0 bridgehead atoms. The lowest BCUT2D eigenvalue weighted by Crippen LogP contribution is -2.31. The Morgan fingerprint density at radius 3 is 2.81 bits per heavy atom. The molecule has 0 aromatic heterocycles. The van der Waals surface area contributed by atoms with Crippen molar-refractivity contribution in [1.82, 2.24) is 5.06 Å². The molecule has 0 radical (unpaired) electrons. The van der Waals surface area contributed by atoms with Crippen LogP contribution in [0.1, 0.15) is 6.42 Å². The standard InChI is InChI=1S/C11H12FNO3/c12-9-2-4-10(5-3-9)15-8-11(14)13-6-1-7-16-13/h2-5H,1,6-8H2. The van der Waals surface area contributed by atoms with Crippen LogP contribution >= 0.6 is 0 Å². The fraction of sp³-hybridized carbons (Fsp3) is 0.364. The van der Waals surface area contributed by atoms with Crippen molar-refractivity contribution in [3.8, 4) is 5.75 Å². The van der Waals surface area contributed by atoms with Crippen LogP contribution in [0.2, 0.25) is 0 Å². The molecule has 5 heteroatoms. The zero-order chi connectivity index (χ0) is 11.4. The molecule has 1 aliphatic heterocycles. The quantitative estimate of drug-likeness (QED) is 0.779. The lowest BCUT2D eigenvalue weighted by atomic mass is 10.3. The molecule has 1 saturated heterocycles. The molecule has 1 aromatic rings. The molecule has 1 aromatic carbocycles. The lowest BCUT2D eigenvalue weighted by Gasteiger charge is -2.14. The molecule has 0 atom stereocenters. The minimum Gasteiger partial charge on any atom is -0.484 e. The van der Waals surface area contributed by atoms with Crippen LogP contribution in [0, 0.1) is 5.82 Å². The van der Waals surface area contributed by atoms with Crippen LogP contribution in [0.4, 0.5) is 4.39 Å². The molecule has 2 rings (SSSR count). The average Bonchev–Trinajstić information content (AvgIpc) is 2.81. The Kier molecular flexibility index (Phi) is 3.36. The highest BCUT2D eigenvalue weighted by Gasteiger charge is 2.19. The number of ether oxygens (including phenoxy) is 1. The van der Waals surface area contributed by atoms with E-state index in [1.807, 2.05) is 0 Å². The number of carbonyl (C=O) groups is 1. The van der Waals surface area contributed by atoms with E-state index >= 15 is 0 Å². The monoisotopic (exact) mass is 225 g/mol. The number of rotatable bonds is 3. The molecule has 0 spiro atoms. The third kappa shape index (κ3) is 2.70. The molecule has 4 nitrogen and oxygen atoms in total. The Hall–Kier alpha value is -1.62. The van der Waals surface area contributed by atoms with Gasteiger partial charge in [-0.2, -0.15) is 0 Å². The first-order valence-electron chi connectivity index (χ1n) is 5.07. The molecule has 0 saturated carbocycles. The Bertz CT molecular complexity index is 360. The van der Waals surface area contributed by atoms with E-state index in [1.54, 1.807) is 0 Å². The van der Waals surface area contributed by atoms with Gasteiger partial charge in [-0.25, -0.2) is 9.45 Å². The van der Waals surface area contributed by atoms with Crippen molar-refractivity contribution in [2.75, 3.05) is 19.8 Å². The summed E-state index contributed by atoms with van der Waals surface area (Å²) in [5.74, 6) is -0.0858. The van der Waals surface area contributed by atoms with Crippen molar-refractivity contribution >= 4 is 5.91 Å². The Morgan fingerprint density at radius 1 is 1.44 bits per heavy atom. The van der Waals surface area contributed by atoms with Gasteiger partial charge >= 0.3 is 0 Å². The van der Waals surface area contributed by atoms with Crippen LogP contribution in [-0.2, 0) is 9.63 Å². The van der Waals surface area contributed by atoms with E-state index in [2.05, 4.69) is 0 Å². The number of nitrogens with zero attached hydrogens (tertiary/aromatic N) is 1. The first-order chi connectivity index (χ1) is 7.75. The summed E-state index contributed by atoms with van der Waals surface area (Å²) < 4.78 is 17.8. The molecule has 1 amide bonds. The molecular weight excluding hydrogens is 213 g/mol. The van der Waals surface area contributed by atoms with E-state index in [1.165, 1.54) is 29.3 Å². The summed E-state index contributed by atoms with van der Waals surface area (Å²) in [4.78, 5) is 16.6. The Morgan fingerprint density at radius 2 is 2.19 bits per heavy atom. The van der Waals surface area contributed by atoms with Gasteiger partial charge in [0.1, 0.15) is 11.6 Å². The first-order valence-corrected chi connectivity index (χ1v) is 5.07. The summed E-state index contributed by atoms with van der Waals surface area (Å²) >= 11 is 0. The summed E-state index contributed by atoms with van der Waals surface area (Å²) in [5, 5.41) is 1.30. The van der Waals surface area contributed by atoms with Gasteiger partial charge in [-0.15, -0.1) is 0 Å². The fourth-order valence-corrected chi connectivity index (χ4v) is 1.39. The van der Waals surface area contributed by atoms with E-state index in [0.717, 1.165) is 6.42 Å². The summed E-state index contributed by atoms with van der Waals surface area (Å²) in [6, 6.07) is 5.53. The van der Waals surface area contributed by atoms with Crippen molar-refractivity contribution in [1.29, 1.82) is 0 Å². The van der Waals surface area contributed by atoms with Crippen LogP contribution < -0.4 is 4.74 Å². The minimum absolute atomic E-state index is 0.0916. The normalized spacial score (nSPS) is 15.2. The topological polar surface area (TPSA) is 38.8 Å². The summed E-state index contributed by atoms with van der Waals surface area (Å²) in [6.07, 6.45) is 0.849. The second-order valence-corrected chi connectivity index (χ2v) is 3.43. The van der Waals surface area contributed by atoms with Gasteiger partial charge in [0, 0.05) is 0 Å². The van der Waals surface area contributed by atoms with Gasteiger partial charge in [-0.3, -0.25) is 9.63 Å².